The van der Waals surface area contributed by atoms with Gasteiger partial charge in [-0.2, -0.15) is 0 Å². The van der Waals surface area contributed by atoms with Crippen molar-refractivity contribution >= 4 is 113 Å². The van der Waals surface area contributed by atoms with Crippen molar-refractivity contribution in [1.82, 2.24) is 9.13 Å². The van der Waals surface area contributed by atoms with Crippen LogP contribution in [0.25, 0.3) is 55.0 Å². The molecular weight excluding hydrogens is 618 g/mol. The van der Waals surface area contributed by atoms with Crippen LogP contribution < -0.4 is 32.8 Å². The van der Waals surface area contributed by atoms with Gasteiger partial charge in [-0.05, 0) is 64.3 Å². The first-order chi connectivity index (χ1) is 23.8. The molecule has 0 saturated carbocycles. The van der Waals surface area contributed by atoms with E-state index in [0.717, 1.165) is 0 Å². The van der Waals surface area contributed by atoms with E-state index < -0.39 is 0 Å². The van der Waals surface area contributed by atoms with Crippen LogP contribution in [0.2, 0.25) is 0 Å². The second kappa shape index (κ2) is 8.51. The normalized spacial score (nSPS) is 14.4. The predicted octanol–water partition coefficient (Wildman–Crippen LogP) is 6.47. The Morgan fingerprint density at radius 1 is 0.396 bits per heavy atom. The fourth-order valence-corrected chi connectivity index (χ4v) is 12.0. The Hall–Kier alpha value is -5.03. The zero-order valence-electron chi connectivity index (χ0n) is 25.6. The highest BCUT2D eigenvalue weighted by Gasteiger charge is 2.43. The number of fused-ring (bicyclic) bond motifs is 16. The summed E-state index contributed by atoms with van der Waals surface area (Å²) >= 11 is 3.86. The SMILES string of the molecule is c1ccc2c(c1)Sc1cccc3c1B2c1cc2c4ccc5c6c4n(c2c2c4ccccc4n-3c12)-c1ccccc1B6c1ccccc1S5. The van der Waals surface area contributed by atoms with E-state index in [2.05, 4.69) is 143 Å². The number of hydrogen-bond acceptors (Lipinski definition) is 2. The van der Waals surface area contributed by atoms with E-state index in [0.29, 0.717) is 0 Å². The van der Waals surface area contributed by atoms with Crippen molar-refractivity contribution in [3.05, 3.63) is 133 Å². The Bertz CT molecular complexity index is 2990. The van der Waals surface area contributed by atoms with Gasteiger partial charge in [0.1, 0.15) is 0 Å². The van der Waals surface area contributed by atoms with E-state index in [4.69, 9.17) is 0 Å². The first-order valence-electron chi connectivity index (χ1n) is 16.7. The molecule has 7 aromatic carbocycles. The fraction of sp³-hybridized carbons (Fsp3) is 0. The maximum absolute atomic E-state index is 2.65. The molecule has 0 spiro atoms. The number of para-hydroxylation sites is 2. The first-order valence-corrected chi connectivity index (χ1v) is 18.3. The second-order valence-electron chi connectivity index (χ2n) is 13.5. The standard InChI is InChI=1S/C42H22B2N2S2/c1-5-14-30-24(10-1)37-40-25(22-29-42(37)45(30)32-16-9-19-35-38(32)44(29)28-13-4-8-18-34(28)47-35)23-20-21-36-39-41(23)46(40)31-15-6-2-11-26(31)43(39)27-12-3-7-17-33(27)48-36/h1-22H. The van der Waals surface area contributed by atoms with Crippen molar-refractivity contribution in [2.75, 3.05) is 0 Å². The monoisotopic (exact) mass is 640 g/mol. The van der Waals surface area contributed by atoms with Crippen molar-refractivity contribution in [3.63, 3.8) is 0 Å². The van der Waals surface area contributed by atoms with Gasteiger partial charge >= 0.3 is 0 Å². The number of hydrogen-bond donors (Lipinski definition) is 0. The lowest BCUT2D eigenvalue weighted by atomic mass is 9.35. The van der Waals surface area contributed by atoms with Crippen LogP contribution in [-0.2, 0) is 0 Å². The first kappa shape index (κ1) is 25.0. The summed E-state index contributed by atoms with van der Waals surface area (Å²) in [5, 5.41) is 5.40. The summed E-state index contributed by atoms with van der Waals surface area (Å²) in [5.41, 5.74) is 16.5. The molecule has 2 nitrogen and oxygen atoms in total. The number of rotatable bonds is 0. The third kappa shape index (κ3) is 2.76. The minimum absolute atomic E-state index is 0.181. The molecule has 4 aliphatic heterocycles. The molecule has 6 heterocycles. The molecule has 2 aromatic heterocycles. The van der Waals surface area contributed by atoms with Crippen LogP contribution in [0.3, 0.4) is 0 Å². The van der Waals surface area contributed by atoms with E-state index in [9.17, 15) is 0 Å². The van der Waals surface area contributed by atoms with Gasteiger partial charge in [0.2, 0.25) is 13.4 Å². The molecule has 4 aliphatic rings. The van der Waals surface area contributed by atoms with Crippen molar-refractivity contribution in [3.8, 4) is 11.4 Å². The van der Waals surface area contributed by atoms with Gasteiger partial charge in [-0.15, -0.1) is 0 Å². The highest BCUT2D eigenvalue weighted by atomic mass is 32.2. The molecule has 0 fully saturated rings. The maximum atomic E-state index is 2.65. The zero-order valence-corrected chi connectivity index (χ0v) is 27.2. The highest BCUT2D eigenvalue weighted by Crippen LogP contribution is 2.46. The van der Waals surface area contributed by atoms with Crippen molar-refractivity contribution in [2.24, 2.45) is 0 Å². The lowest BCUT2D eigenvalue weighted by molar-refractivity contribution is 1.17. The molecule has 0 radical (unpaired) electrons. The number of nitrogens with zero attached hydrogens (tertiary/aromatic N) is 2. The van der Waals surface area contributed by atoms with Crippen LogP contribution >= 0.6 is 23.5 Å². The average Bonchev–Trinajstić information content (AvgIpc) is 3.66. The lowest BCUT2D eigenvalue weighted by Crippen LogP contribution is -2.58. The van der Waals surface area contributed by atoms with Gasteiger partial charge in [-0.3, -0.25) is 0 Å². The van der Waals surface area contributed by atoms with Crippen LogP contribution in [-0.4, -0.2) is 22.6 Å². The summed E-state index contributed by atoms with van der Waals surface area (Å²) in [6, 6.07) is 50.8. The van der Waals surface area contributed by atoms with Crippen LogP contribution in [0.15, 0.2) is 153 Å². The van der Waals surface area contributed by atoms with E-state index in [1.165, 1.54) is 107 Å². The average molecular weight is 640 g/mol. The Kier molecular flexibility index (Phi) is 4.44. The molecule has 6 heteroatoms. The van der Waals surface area contributed by atoms with Gasteiger partial charge in [-0.1, -0.05) is 125 Å². The molecule has 0 bridgehead atoms. The van der Waals surface area contributed by atoms with Crippen LogP contribution in [0, 0.1) is 0 Å². The van der Waals surface area contributed by atoms with Crippen LogP contribution in [0.5, 0.6) is 0 Å². The van der Waals surface area contributed by atoms with Gasteiger partial charge in [0.15, 0.2) is 0 Å². The summed E-state index contributed by atoms with van der Waals surface area (Å²) in [6.45, 7) is 0.399. The molecule has 9 aromatic rings. The van der Waals surface area contributed by atoms with Crippen molar-refractivity contribution in [1.29, 1.82) is 0 Å². The highest BCUT2D eigenvalue weighted by molar-refractivity contribution is 8.00. The Morgan fingerprint density at radius 3 is 1.88 bits per heavy atom. The molecule has 0 aliphatic carbocycles. The Labute approximate surface area is 285 Å². The molecule has 48 heavy (non-hydrogen) atoms. The molecular formula is C42H22B2N2S2. The van der Waals surface area contributed by atoms with Gasteiger partial charge in [-0.25, -0.2) is 0 Å². The lowest BCUT2D eigenvalue weighted by Gasteiger charge is -2.33. The van der Waals surface area contributed by atoms with Gasteiger partial charge in [0.25, 0.3) is 0 Å². The minimum Gasteiger partial charge on any atom is -0.310 e. The molecule has 0 unspecified atom stereocenters. The summed E-state index contributed by atoms with van der Waals surface area (Å²) < 4.78 is 5.24. The summed E-state index contributed by atoms with van der Waals surface area (Å²) in [7, 11) is 0. The predicted molar refractivity (Wildman–Crippen MR) is 206 cm³/mol. The van der Waals surface area contributed by atoms with E-state index >= 15 is 0 Å². The molecule has 13 rings (SSSR count). The van der Waals surface area contributed by atoms with E-state index in [1.54, 1.807) is 0 Å². The van der Waals surface area contributed by atoms with Gasteiger partial charge in [0.05, 0.1) is 22.1 Å². The molecule has 218 valence electrons. The molecule has 0 amide bonds. The third-order valence-corrected chi connectivity index (χ3v) is 13.8. The second-order valence-corrected chi connectivity index (χ2v) is 15.7. The minimum atomic E-state index is 0.181. The number of aromatic nitrogens is 2. The maximum Gasteiger partial charge on any atom is 0.249 e. The largest absolute Gasteiger partial charge is 0.310 e. The Balaban J connectivity index is 1.29. The van der Waals surface area contributed by atoms with Gasteiger partial charge < -0.3 is 9.13 Å². The topological polar surface area (TPSA) is 9.86 Å². The Morgan fingerprint density at radius 2 is 1.04 bits per heavy atom. The zero-order chi connectivity index (χ0) is 30.8. The molecule has 0 N–H and O–H groups in total. The smallest absolute Gasteiger partial charge is 0.249 e. The van der Waals surface area contributed by atoms with Crippen molar-refractivity contribution < 1.29 is 0 Å². The van der Waals surface area contributed by atoms with Crippen molar-refractivity contribution in [2.45, 2.75) is 19.6 Å². The van der Waals surface area contributed by atoms with E-state index in [-0.39, 0.29) is 13.4 Å². The number of benzene rings is 7. The van der Waals surface area contributed by atoms with Gasteiger partial charge in [0, 0.05) is 52.5 Å². The summed E-state index contributed by atoms with van der Waals surface area (Å²) in [5.74, 6) is 0. The fourth-order valence-electron chi connectivity index (χ4n) is 9.72. The summed E-state index contributed by atoms with van der Waals surface area (Å²) in [6.07, 6.45) is 0. The molecule has 0 atom stereocenters. The molecule has 0 saturated heterocycles. The van der Waals surface area contributed by atoms with Crippen LogP contribution in [0.4, 0.5) is 0 Å². The van der Waals surface area contributed by atoms with Crippen LogP contribution in [0.1, 0.15) is 0 Å². The third-order valence-electron chi connectivity index (χ3n) is 11.4. The quantitative estimate of drug-likeness (QED) is 0.176. The summed E-state index contributed by atoms with van der Waals surface area (Å²) in [4.78, 5) is 5.49. The van der Waals surface area contributed by atoms with E-state index in [1.807, 2.05) is 23.5 Å².